The van der Waals surface area contributed by atoms with Gasteiger partial charge in [0.05, 0.1) is 13.2 Å². The second-order valence-electron chi connectivity index (χ2n) is 7.60. The van der Waals surface area contributed by atoms with Crippen molar-refractivity contribution in [3.63, 3.8) is 0 Å². The van der Waals surface area contributed by atoms with Crippen LogP contribution in [0.15, 0.2) is 24.3 Å². The Bertz CT molecular complexity index is 610. The number of amides is 1. The first-order valence-corrected chi connectivity index (χ1v) is 9.52. The van der Waals surface area contributed by atoms with Crippen molar-refractivity contribution < 1.29 is 14.3 Å². The first-order valence-electron chi connectivity index (χ1n) is 9.52. The maximum Gasteiger partial charge on any atom is 0.251 e. The van der Waals surface area contributed by atoms with Gasteiger partial charge >= 0.3 is 0 Å². The van der Waals surface area contributed by atoms with Crippen LogP contribution in [0.4, 0.5) is 0 Å². The van der Waals surface area contributed by atoms with Crippen molar-refractivity contribution in [3.8, 4) is 5.75 Å². The van der Waals surface area contributed by atoms with E-state index in [-0.39, 0.29) is 5.91 Å². The lowest BCUT2D eigenvalue weighted by Crippen LogP contribution is -2.67. The zero-order valence-corrected chi connectivity index (χ0v) is 14.9. The molecule has 0 radical (unpaired) electrons. The Balaban J connectivity index is 1.25. The molecule has 1 heterocycles. The quantitative estimate of drug-likeness (QED) is 0.778. The Morgan fingerprint density at radius 2 is 2.00 bits per heavy atom. The maximum absolute atomic E-state index is 12.2. The second-order valence-corrected chi connectivity index (χ2v) is 7.60. The van der Waals surface area contributed by atoms with Gasteiger partial charge in [-0.2, -0.15) is 0 Å². The number of ether oxygens (including phenoxy) is 2. The highest BCUT2D eigenvalue weighted by Crippen LogP contribution is 2.60. The van der Waals surface area contributed by atoms with Crippen LogP contribution in [-0.2, 0) is 4.74 Å². The average Bonchev–Trinajstić information content (AvgIpc) is 3.30. The minimum Gasteiger partial charge on any atom is -0.497 e. The number of methoxy groups -OCH3 is 1. The summed E-state index contributed by atoms with van der Waals surface area (Å²) in [5, 5.41) is 6.74. The predicted molar refractivity (Wildman–Crippen MR) is 95.9 cm³/mol. The molecular weight excluding hydrogens is 316 g/mol. The molecule has 1 aromatic rings. The normalized spacial score (nSPS) is 29.2. The van der Waals surface area contributed by atoms with E-state index in [9.17, 15) is 4.79 Å². The van der Waals surface area contributed by atoms with E-state index < -0.39 is 0 Å². The summed E-state index contributed by atoms with van der Waals surface area (Å²) in [5.41, 5.74) is 1.04. The summed E-state index contributed by atoms with van der Waals surface area (Å²) in [7, 11) is 1.62. The molecule has 1 spiro atoms. The van der Waals surface area contributed by atoms with E-state index in [1.165, 1.54) is 32.1 Å². The molecule has 4 rings (SSSR count). The lowest BCUT2D eigenvalue weighted by Gasteiger charge is -2.57. The molecule has 2 saturated carbocycles. The van der Waals surface area contributed by atoms with Crippen molar-refractivity contribution in [1.29, 1.82) is 0 Å². The van der Waals surface area contributed by atoms with E-state index in [4.69, 9.17) is 9.47 Å². The molecule has 1 amide bonds. The lowest BCUT2D eigenvalue weighted by atomic mass is 9.54. The Kier molecular flexibility index (Phi) is 4.69. The van der Waals surface area contributed by atoms with Gasteiger partial charge in [-0.3, -0.25) is 4.79 Å². The fourth-order valence-corrected chi connectivity index (χ4v) is 5.26. The minimum atomic E-state index is -0.0317. The highest BCUT2D eigenvalue weighted by molar-refractivity contribution is 5.94. The zero-order valence-electron chi connectivity index (χ0n) is 14.9. The summed E-state index contributed by atoms with van der Waals surface area (Å²) in [6.45, 7) is 2.39. The number of hydrogen-bond donors (Lipinski definition) is 2. The Morgan fingerprint density at radius 3 is 2.72 bits per heavy atom. The molecule has 1 saturated heterocycles. The number of nitrogens with one attached hydrogen (secondary N) is 2. The molecule has 3 aliphatic rings. The molecule has 3 atom stereocenters. The van der Waals surface area contributed by atoms with E-state index in [0.29, 0.717) is 35.6 Å². The van der Waals surface area contributed by atoms with Gasteiger partial charge in [-0.15, -0.1) is 0 Å². The van der Waals surface area contributed by atoms with Gasteiger partial charge in [0, 0.05) is 42.6 Å². The summed E-state index contributed by atoms with van der Waals surface area (Å²) in [6, 6.07) is 7.78. The lowest BCUT2D eigenvalue weighted by molar-refractivity contribution is -0.130. The standard InChI is InChI=1S/C20H28N2O3/c1-24-15-6-4-14(5-7-15)19(23)22-12-11-21-17-16-8-13-25-18(16)20(17)9-2-3-10-20/h4-7,16-18,21H,2-3,8-13H2,1H3,(H,22,23)/t16-,17+,18-/m0/s1. The third-order valence-corrected chi connectivity index (χ3v) is 6.41. The summed E-state index contributed by atoms with van der Waals surface area (Å²) >= 11 is 0. The first-order chi connectivity index (χ1) is 12.2. The third-order valence-electron chi connectivity index (χ3n) is 6.41. The van der Waals surface area contributed by atoms with Crippen LogP contribution < -0.4 is 15.4 Å². The van der Waals surface area contributed by atoms with Gasteiger partial charge in [0.1, 0.15) is 5.75 Å². The Labute approximate surface area is 149 Å². The monoisotopic (exact) mass is 344 g/mol. The van der Waals surface area contributed by atoms with Crippen molar-refractivity contribution in [2.45, 2.75) is 44.2 Å². The van der Waals surface area contributed by atoms with Gasteiger partial charge in [-0.25, -0.2) is 0 Å². The van der Waals surface area contributed by atoms with E-state index in [0.717, 1.165) is 18.9 Å². The zero-order chi connectivity index (χ0) is 17.3. The van der Waals surface area contributed by atoms with Crippen molar-refractivity contribution in [2.75, 3.05) is 26.8 Å². The summed E-state index contributed by atoms with van der Waals surface area (Å²) in [4.78, 5) is 12.2. The number of rotatable bonds is 6. The molecule has 0 bridgehead atoms. The van der Waals surface area contributed by atoms with E-state index >= 15 is 0 Å². The molecule has 3 fully saturated rings. The van der Waals surface area contributed by atoms with Crippen LogP contribution in [-0.4, -0.2) is 44.9 Å². The molecule has 25 heavy (non-hydrogen) atoms. The fourth-order valence-electron chi connectivity index (χ4n) is 5.26. The molecule has 1 aromatic carbocycles. The van der Waals surface area contributed by atoms with Crippen LogP contribution in [0.5, 0.6) is 5.75 Å². The van der Waals surface area contributed by atoms with Gasteiger partial charge in [-0.1, -0.05) is 12.8 Å². The van der Waals surface area contributed by atoms with Crippen LogP contribution in [0.3, 0.4) is 0 Å². The van der Waals surface area contributed by atoms with Gasteiger partial charge in [0.2, 0.25) is 0 Å². The minimum absolute atomic E-state index is 0.0317. The van der Waals surface area contributed by atoms with Crippen molar-refractivity contribution in [2.24, 2.45) is 11.3 Å². The summed E-state index contributed by atoms with van der Waals surface area (Å²) < 4.78 is 11.1. The number of benzene rings is 1. The number of hydrogen-bond acceptors (Lipinski definition) is 4. The molecular formula is C20H28N2O3. The van der Waals surface area contributed by atoms with Gasteiger partial charge in [0.15, 0.2) is 0 Å². The van der Waals surface area contributed by atoms with E-state index in [1.807, 2.05) is 12.1 Å². The molecule has 0 unspecified atom stereocenters. The summed E-state index contributed by atoms with van der Waals surface area (Å²) in [5.74, 6) is 1.41. The molecule has 5 heteroatoms. The van der Waals surface area contributed by atoms with Crippen LogP contribution >= 0.6 is 0 Å². The molecule has 5 nitrogen and oxygen atoms in total. The van der Waals surface area contributed by atoms with Gasteiger partial charge in [0.25, 0.3) is 5.91 Å². The largest absolute Gasteiger partial charge is 0.497 e. The van der Waals surface area contributed by atoms with Crippen LogP contribution in [0.25, 0.3) is 0 Å². The maximum atomic E-state index is 12.2. The van der Waals surface area contributed by atoms with Gasteiger partial charge in [-0.05, 0) is 43.5 Å². The third kappa shape index (κ3) is 2.93. The van der Waals surface area contributed by atoms with E-state index in [2.05, 4.69) is 10.6 Å². The average molecular weight is 344 g/mol. The first kappa shape index (κ1) is 16.9. The SMILES string of the molecule is COc1ccc(C(=O)NCCN[C@@H]2[C@@H]3CCO[C@@H]3C23CCCC3)cc1. The smallest absolute Gasteiger partial charge is 0.251 e. The molecule has 2 N–H and O–H groups in total. The Hall–Kier alpha value is -1.59. The topological polar surface area (TPSA) is 59.6 Å². The van der Waals surface area contributed by atoms with Crippen molar-refractivity contribution in [3.05, 3.63) is 29.8 Å². The van der Waals surface area contributed by atoms with Crippen molar-refractivity contribution >= 4 is 5.91 Å². The molecule has 2 aliphatic carbocycles. The number of carbonyl (C=O) groups excluding carboxylic acids is 1. The molecule has 0 aromatic heterocycles. The van der Waals surface area contributed by atoms with Crippen LogP contribution in [0, 0.1) is 11.3 Å². The molecule has 136 valence electrons. The second kappa shape index (κ2) is 6.96. The Morgan fingerprint density at radius 1 is 1.24 bits per heavy atom. The highest BCUT2D eigenvalue weighted by Gasteiger charge is 2.64. The fraction of sp³-hybridized carbons (Fsp3) is 0.650. The molecule has 1 aliphatic heterocycles. The summed E-state index contributed by atoms with van der Waals surface area (Å²) in [6.07, 6.45) is 6.93. The predicted octanol–water partition coefficient (Wildman–Crippen LogP) is 2.36. The number of fused-ring (bicyclic) bond motifs is 2. The van der Waals surface area contributed by atoms with E-state index in [1.54, 1.807) is 19.2 Å². The van der Waals surface area contributed by atoms with Crippen molar-refractivity contribution in [1.82, 2.24) is 10.6 Å². The van der Waals surface area contributed by atoms with Crippen LogP contribution in [0.2, 0.25) is 0 Å². The number of carbonyl (C=O) groups is 1. The highest BCUT2D eigenvalue weighted by atomic mass is 16.5. The van der Waals surface area contributed by atoms with Gasteiger partial charge < -0.3 is 20.1 Å². The van der Waals surface area contributed by atoms with Crippen LogP contribution in [0.1, 0.15) is 42.5 Å².